The number of rotatable bonds is 0. The third kappa shape index (κ3) is 0.975. The van der Waals surface area contributed by atoms with E-state index in [0.717, 1.165) is 11.3 Å². The fourth-order valence-corrected chi connectivity index (χ4v) is 1.55. The first kappa shape index (κ1) is 8.64. The molecule has 2 aromatic rings. The Hall–Kier alpha value is -1.95. The summed E-state index contributed by atoms with van der Waals surface area (Å²) in [5.41, 5.74) is 1.85. The van der Waals surface area contributed by atoms with Gasteiger partial charge < -0.3 is 9.52 Å². The van der Waals surface area contributed by atoms with Gasteiger partial charge in [0.05, 0.1) is 11.6 Å². The highest BCUT2D eigenvalue weighted by Gasteiger charge is 2.14. The number of nitriles is 1. The standard InChI is InChI=1S/C11H9NO2/c1-6-7(2)14-11-9(13)4-3-8(5-12)10(6)11/h3-4,13H,1-2H3. The van der Waals surface area contributed by atoms with Crippen LogP contribution in [0.5, 0.6) is 5.75 Å². The maximum atomic E-state index is 9.53. The maximum Gasteiger partial charge on any atom is 0.177 e. The second kappa shape index (κ2) is 2.78. The highest BCUT2D eigenvalue weighted by atomic mass is 16.4. The lowest BCUT2D eigenvalue weighted by atomic mass is 10.1. The van der Waals surface area contributed by atoms with Gasteiger partial charge in [0, 0.05) is 5.39 Å². The smallest absolute Gasteiger partial charge is 0.177 e. The van der Waals surface area contributed by atoms with Gasteiger partial charge in [-0.05, 0) is 31.5 Å². The molecular formula is C11H9NO2. The van der Waals surface area contributed by atoms with Crippen molar-refractivity contribution in [2.24, 2.45) is 0 Å². The minimum absolute atomic E-state index is 0.0789. The number of hydrogen-bond acceptors (Lipinski definition) is 3. The molecule has 1 aromatic carbocycles. The van der Waals surface area contributed by atoms with E-state index < -0.39 is 0 Å². The summed E-state index contributed by atoms with van der Waals surface area (Å²) < 4.78 is 5.37. The molecule has 14 heavy (non-hydrogen) atoms. The van der Waals surface area contributed by atoms with E-state index in [9.17, 15) is 5.11 Å². The van der Waals surface area contributed by atoms with Gasteiger partial charge in [-0.1, -0.05) is 0 Å². The highest BCUT2D eigenvalue weighted by molar-refractivity contribution is 5.91. The lowest BCUT2D eigenvalue weighted by Gasteiger charge is -1.95. The molecular weight excluding hydrogens is 178 g/mol. The lowest BCUT2D eigenvalue weighted by molar-refractivity contribution is 0.461. The first-order valence-electron chi connectivity index (χ1n) is 4.27. The summed E-state index contributed by atoms with van der Waals surface area (Å²) in [6.45, 7) is 3.69. The van der Waals surface area contributed by atoms with E-state index in [0.29, 0.717) is 16.5 Å². The molecule has 3 nitrogen and oxygen atoms in total. The molecule has 1 heterocycles. The minimum Gasteiger partial charge on any atom is -0.504 e. The summed E-state index contributed by atoms with van der Waals surface area (Å²) in [5, 5.41) is 19.1. The Morgan fingerprint density at radius 2 is 2.07 bits per heavy atom. The van der Waals surface area contributed by atoms with Gasteiger partial charge in [-0.2, -0.15) is 5.26 Å². The van der Waals surface area contributed by atoms with E-state index in [4.69, 9.17) is 9.68 Å². The van der Waals surface area contributed by atoms with E-state index in [1.165, 1.54) is 6.07 Å². The van der Waals surface area contributed by atoms with Crippen molar-refractivity contribution in [1.82, 2.24) is 0 Å². The number of phenolic OH excluding ortho intramolecular Hbond substituents is 1. The summed E-state index contributed by atoms with van der Waals surface area (Å²) >= 11 is 0. The molecule has 0 amide bonds. The number of aromatic hydroxyl groups is 1. The number of fused-ring (bicyclic) bond motifs is 1. The monoisotopic (exact) mass is 187 g/mol. The van der Waals surface area contributed by atoms with Gasteiger partial charge in [0.25, 0.3) is 0 Å². The van der Waals surface area contributed by atoms with Crippen LogP contribution in [0, 0.1) is 25.2 Å². The van der Waals surface area contributed by atoms with Crippen molar-refractivity contribution in [1.29, 1.82) is 5.26 Å². The Balaban J connectivity index is 3.02. The van der Waals surface area contributed by atoms with E-state index in [-0.39, 0.29) is 5.75 Å². The fourth-order valence-electron chi connectivity index (χ4n) is 1.55. The number of benzene rings is 1. The van der Waals surface area contributed by atoms with E-state index in [2.05, 4.69) is 6.07 Å². The van der Waals surface area contributed by atoms with Crippen molar-refractivity contribution in [3.05, 3.63) is 29.0 Å². The molecule has 3 heteroatoms. The third-order valence-corrected chi connectivity index (χ3v) is 2.42. The van der Waals surface area contributed by atoms with Crippen LogP contribution in [0.2, 0.25) is 0 Å². The molecule has 0 saturated carbocycles. The molecule has 0 spiro atoms. The van der Waals surface area contributed by atoms with Crippen LogP contribution in [0.3, 0.4) is 0 Å². The largest absolute Gasteiger partial charge is 0.504 e. The number of nitrogens with zero attached hydrogens (tertiary/aromatic N) is 1. The first-order valence-corrected chi connectivity index (χ1v) is 4.27. The Morgan fingerprint density at radius 1 is 1.36 bits per heavy atom. The summed E-state index contributed by atoms with van der Waals surface area (Å²) in [5.74, 6) is 0.813. The topological polar surface area (TPSA) is 57.2 Å². The lowest BCUT2D eigenvalue weighted by Crippen LogP contribution is -1.78. The number of hydrogen-bond donors (Lipinski definition) is 1. The minimum atomic E-state index is 0.0789. The molecule has 1 aromatic heterocycles. The second-order valence-electron chi connectivity index (χ2n) is 3.23. The van der Waals surface area contributed by atoms with Gasteiger partial charge in [0.15, 0.2) is 11.3 Å². The van der Waals surface area contributed by atoms with Gasteiger partial charge in [-0.25, -0.2) is 0 Å². The summed E-state index contributed by atoms with van der Waals surface area (Å²) in [6.07, 6.45) is 0. The molecule has 1 N–H and O–H groups in total. The van der Waals surface area contributed by atoms with Crippen molar-refractivity contribution >= 4 is 11.0 Å². The molecule has 0 saturated heterocycles. The van der Waals surface area contributed by atoms with Crippen molar-refractivity contribution in [2.45, 2.75) is 13.8 Å². The number of aryl methyl sites for hydroxylation is 2. The van der Waals surface area contributed by atoms with Crippen LogP contribution < -0.4 is 0 Å². The average Bonchev–Trinajstić information content (AvgIpc) is 2.47. The van der Waals surface area contributed by atoms with Crippen molar-refractivity contribution in [2.75, 3.05) is 0 Å². The molecule has 0 aliphatic carbocycles. The number of furan rings is 1. The second-order valence-corrected chi connectivity index (χ2v) is 3.23. The Kier molecular flexibility index (Phi) is 1.71. The Labute approximate surface area is 81.2 Å². The van der Waals surface area contributed by atoms with Crippen molar-refractivity contribution < 1.29 is 9.52 Å². The van der Waals surface area contributed by atoms with Gasteiger partial charge in [-0.15, -0.1) is 0 Å². The average molecular weight is 187 g/mol. The molecule has 0 bridgehead atoms. The van der Waals surface area contributed by atoms with E-state index >= 15 is 0 Å². The van der Waals surface area contributed by atoms with Crippen LogP contribution in [0.1, 0.15) is 16.9 Å². The van der Waals surface area contributed by atoms with Crippen molar-refractivity contribution in [3.63, 3.8) is 0 Å². The molecule has 0 fully saturated rings. The fraction of sp³-hybridized carbons (Fsp3) is 0.182. The van der Waals surface area contributed by atoms with Crippen LogP contribution >= 0.6 is 0 Å². The molecule has 0 radical (unpaired) electrons. The summed E-state index contributed by atoms with van der Waals surface area (Å²) in [4.78, 5) is 0. The highest BCUT2D eigenvalue weighted by Crippen LogP contribution is 2.33. The van der Waals surface area contributed by atoms with Crippen LogP contribution in [0.4, 0.5) is 0 Å². The van der Waals surface area contributed by atoms with Crippen LogP contribution in [-0.4, -0.2) is 5.11 Å². The molecule has 70 valence electrons. The third-order valence-electron chi connectivity index (χ3n) is 2.42. The van der Waals surface area contributed by atoms with Crippen molar-refractivity contribution in [3.8, 4) is 11.8 Å². The molecule has 0 aliphatic heterocycles. The molecule has 0 atom stereocenters. The SMILES string of the molecule is Cc1oc2c(O)ccc(C#N)c2c1C. The summed E-state index contributed by atoms with van der Waals surface area (Å²) in [7, 11) is 0. The summed E-state index contributed by atoms with van der Waals surface area (Å²) in [6, 6.07) is 5.15. The quantitative estimate of drug-likeness (QED) is 0.689. The predicted octanol–water partition coefficient (Wildman–Crippen LogP) is 2.63. The van der Waals surface area contributed by atoms with Gasteiger partial charge in [0.2, 0.25) is 0 Å². The van der Waals surface area contributed by atoms with E-state index in [1.807, 2.05) is 13.8 Å². The zero-order chi connectivity index (χ0) is 10.3. The Bertz CT molecular complexity index is 546. The van der Waals surface area contributed by atoms with E-state index in [1.54, 1.807) is 6.07 Å². The van der Waals surface area contributed by atoms with Gasteiger partial charge in [-0.3, -0.25) is 0 Å². The molecule has 0 unspecified atom stereocenters. The zero-order valence-electron chi connectivity index (χ0n) is 7.96. The number of phenols is 1. The Morgan fingerprint density at radius 3 is 2.71 bits per heavy atom. The normalized spacial score (nSPS) is 10.4. The first-order chi connectivity index (χ1) is 6.65. The van der Waals surface area contributed by atoms with Crippen LogP contribution in [0.25, 0.3) is 11.0 Å². The van der Waals surface area contributed by atoms with Gasteiger partial charge in [0.1, 0.15) is 5.76 Å². The predicted molar refractivity (Wildman–Crippen MR) is 52.1 cm³/mol. The van der Waals surface area contributed by atoms with Crippen LogP contribution in [-0.2, 0) is 0 Å². The van der Waals surface area contributed by atoms with Crippen LogP contribution in [0.15, 0.2) is 16.5 Å². The molecule has 0 aliphatic rings. The zero-order valence-corrected chi connectivity index (χ0v) is 7.96. The molecule has 2 rings (SSSR count). The van der Waals surface area contributed by atoms with Gasteiger partial charge >= 0.3 is 0 Å². The maximum absolute atomic E-state index is 9.53.